The number of aromatic nitrogens is 2. The highest BCUT2D eigenvalue weighted by Crippen LogP contribution is 2.03. The predicted octanol–water partition coefficient (Wildman–Crippen LogP) is 2.09. The van der Waals surface area contributed by atoms with E-state index >= 15 is 0 Å². The Kier molecular flexibility index (Phi) is 4.52. The second-order valence-corrected chi connectivity index (χ2v) is 4.45. The summed E-state index contributed by atoms with van der Waals surface area (Å²) < 4.78 is 7.08. The van der Waals surface area contributed by atoms with Crippen LogP contribution < -0.4 is 0 Å². The largest absolute Gasteiger partial charge is 0.465 e. The number of rotatable bonds is 5. The molecule has 0 atom stereocenters. The molecular weight excluding hydrogens is 204 g/mol. The molecule has 0 aliphatic carbocycles. The lowest BCUT2D eigenvalue weighted by molar-refractivity contribution is -0.144. The minimum atomic E-state index is -0.139. The van der Waals surface area contributed by atoms with Gasteiger partial charge in [-0.1, -0.05) is 13.8 Å². The van der Waals surface area contributed by atoms with Crippen molar-refractivity contribution < 1.29 is 9.53 Å². The maximum atomic E-state index is 11.4. The summed E-state index contributed by atoms with van der Waals surface area (Å²) in [5.74, 6) is 1.19. The second-order valence-electron chi connectivity index (χ2n) is 4.45. The van der Waals surface area contributed by atoms with Gasteiger partial charge in [0.2, 0.25) is 0 Å². The SMILES string of the molecule is Cc1cn(CCC(=O)OCC(C)C)c(C)n1. The van der Waals surface area contributed by atoms with Crippen LogP contribution in [0.2, 0.25) is 0 Å². The standard InChI is InChI=1S/C12H20N2O2/c1-9(2)8-16-12(15)5-6-14-7-10(3)13-11(14)4/h7,9H,5-6,8H2,1-4H3. The molecule has 0 fully saturated rings. The first-order chi connectivity index (χ1) is 7.49. The number of hydrogen-bond donors (Lipinski definition) is 0. The van der Waals surface area contributed by atoms with Crippen molar-refractivity contribution in [3.8, 4) is 0 Å². The molecule has 1 rings (SSSR count). The van der Waals surface area contributed by atoms with Gasteiger partial charge in [0.25, 0.3) is 0 Å². The van der Waals surface area contributed by atoms with Crippen LogP contribution in [0.15, 0.2) is 6.20 Å². The molecule has 0 amide bonds. The summed E-state index contributed by atoms with van der Waals surface area (Å²) >= 11 is 0. The molecule has 0 N–H and O–H groups in total. The smallest absolute Gasteiger partial charge is 0.307 e. The van der Waals surface area contributed by atoms with Crippen molar-refractivity contribution >= 4 is 5.97 Å². The molecule has 4 heteroatoms. The quantitative estimate of drug-likeness (QED) is 0.719. The topological polar surface area (TPSA) is 44.1 Å². The minimum absolute atomic E-state index is 0.139. The molecular formula is C12H20N2O2. The van der Waals surface area contributed by atoms with Crippen molar-refractivity contribution in [3.05, 3.63) is 17.7 Å². The monoisotopic (exact) mass is 224 g/mol. The summed E-state index contributed by atoms with van der Waals surface area (Å²) in [5.41, 5.74) is 0.980. The Morgan fingerprint density at radius 1 is 1.50 bits per heavy atom. The Labute approximate surface area is 96.6 Å². The average molecular weight is 224 g/mol. The van der Waals surface area contributed by atoms with Crippen LogP contribution in [0.25, 0.3) is 0 Å². The molecule has 0 aromatic carbocycles. The van der Waals surface area contributed by atoms with Gasteiger partial charge >= 0.3 is 5.97 Å². The van der Waals surface area contributed by atoms with Crippen LogP contribution in [-0.2, 0) is 16.1 Å². The molecule has 0 aliphatic heterocycles. The van der Waals surface area contributed by atoms with E-state index in [0.717, 1.165) is 11.5 Å². The third-order valence-electron chi connectivity index (χ3n) is 2.23. The van der Waals surface area contributed by atoms with Gasteiger partial charge in [0.05, 0.1) is 18.7 Å². The van der Waals surface area contributed by atoms with E-state index < -0.39 is 0 Å². The zero-order valence-corrected chi connectivity index (χ0v) is 10.5. The molecule has 0 radical (unpaired) electrons. The van der Waals surface area contributed by atoms with E-state index in [4.69, 9.17) is 4.74 Å². The van der Waals surface area contributed by atoms with E-state index in [9.17, 15) is 4.79 Å². The Balaban J connectivity index is 2.34. The number of carbonyl (C=O) groups excluding carboxylic acids is 1. The van der Waals surface area contributed by atoms with Crippen LogP contribution in [0.4, 0.5) is 0 Å². The molecule has 0 saturated heterocycles. The lowest BCUT2D eigenvalue weighted by atomic mass is 10.2. The van der Waals surface area contributed by atoms with Crippen molar-refractivity contribution in [1.29, 1.82) is 0 Å². The number of carbonyl (C=O) groups is 1. The average Bonchev–Trinajstić information content (AvgIpc) is 2.51. The molecule has 0 unspecified atom stereocenters. The van der Waals surface area contributed by atoms with E-state index in [1.165, 1.54) is 0 Å². The van der Waals surface area contributed by atoms with Crippen molar-refractivity contribution in [1.82, 2.24) is 9.55 Å². The summed E-state index contributed by atoms with van der Waals surface area (Å²) in [6, 6.07) is 0. The number of nitrogens with zero attached hydrogens (tertiary/aromatic N) is 2. The zero-order chi connectivity index (χ0) is 12.1. The van der Waals surface area contributed by atoms with Gasteiger partial charge in [-0.3, -0.25) is 4.79 Å². The van der Waals surface area contributed by atoms with Gasteiger partial charge in [0, 0.05) is 12.7 Å². The van der Waals surface area contributed by atoms with Crippen LogP contribution >= 0.6 is 0 Å². The van der Waals surface area contributed by atoms with Crippen LogP contribution in [0, 0.1) is 19.8 Å². The maximum absolute atomic E-state index is 11.4. The molecule has 0 bridgehead atoms. The first-order valence-electron chi connectivity index (χ1n) is 5.65. The van der Waals surface area contributed by atoms with Gasteiger partial charge in [-0.25, -0.2) is 4.98 Å². The van der Waals surface area contributed by atoms with E-state index in [1.807, 2.05) is 38.5 Å². The molecule has 0 aliphatic rings. The summed E-state index contributed by atoms with van der Waals surface area (Å²) in [7, 11) is 0. The number of ether oxygens (including phenoxy) is 1. The third-order valence-corrected chi connectivity index (χ3v) is 2.23. The van der Waals surface area contributed by atoms with Gasteiger partial charge in [0.15, 0.2) is 0 Å². The third kappa shape index (κ3) is 4.04. The maximum Gasteiger partial charge on any atom is 0.307 e. The van der Waals surface area contributed by atoms with Crippen LogP contribution in [-0.4, -0.2) is 22.1 Å². The van der Waals surface area contributed by atoms with E-state index in [0.29, 0.717) is 25.5 Å². The molecule has 16 heavy (non-hydrogen) atoms. The molecule has 90 valence electrons. The van der Waals surface area contributed by atoms with Crippen LogP contribution in [0.3, 0.4) is 0 Å². The van der Waals surface area contributed by atoms with Gasteiger partial charge in [-0.2, -0.15) is 0 Å². The van der Waals surface area contributed by atoms with Crippen LogP contribution in [0.5, 0.6) is 0 Å². The number of esters is 1. The molecule has 0 saturated carbocycles. The Morgan fingerprint density at radius 3 is 2.69 bits per heavy atom. The number of imidazole rings is 1. The van der Waals surface area contributed by atoms with Crippen molar-refractivity contribution in [3.63, 3.8) is 0 Å². The van der Waals surface area contributed by atoms with E-state index in [2.05, 4.69) is 4.98 Å². The number of aryl methyl sites for hydroxylation is 3. The Morgan fingerprint density at radius 2 is 2.19 bits per heavy atom. The first kappa shape index (κ1) is 12.7. The summed E-state index contributed by atoms with van der Waals surface area (Å²) in [5, 5.41) is 0. The lowest BCUT2D eigenvalue weighted by Gasteiger charge is -2.08. The summed E-state index contributed by atoms with van der Waals surface area (Å²) in [6.07, 6.45) is 2.36. The normalized spacial score (nSPS) is 10.8. The highest BCUT2D eigenvalue weighted by molar-refractivity contribution is 5.69. The fraction of sp³-hybridized carbons (Fsp3) is 0.667. The van der Waals surface area contributed by atoms with Gasteiger partial charge in [0.1, 0.15) is 5.82 Å². The lowest BCUT2D eigenvalue weighted by Crippen LogP contribution is -2.12. The summed E-state index contributed by atoms with van der Waals surface area (Å²) in [4.78, 5) is 15.7. The van der Waals surface area contributed by atoms with Gasteiger partial charge in [-0.05, 0) is 19.8 Å². The highest BCUT2D eigenvalue weighted by atomic mass is 16.5. The Hall–Kier alpha value is -1.32. The van der Waals surface area contributed by atoms with E-state index in [-0.39, 0.29) is 5.97 Å². The second kappa shape index (κ2) is 5.68. The minimum Gasteiger partial charge on any atom is -0.465 e. The van der Waals surface area contributed by atoms with Crippen molar-refractivity contribution in [2.45, 2.75) is 40.7 Å². The molecule has 4 nitrogen and oxygen atoms in total. The molecule has 1 heterocycles. The fourth-order valence-corrected chi connectivity index (χ4v) is 1.44. The van der Waals surface area contributed by atoms with Crippen LogP contribution in [0.1, 0.15) is 31.8 Å². The van der Waals surface area contributed by atoms with Crippen molar-refractivity contribution in [2.24, 2.45) is 5.92 Å². The highest BCUT2D eigenvalue weighted by Gasteiger charge is 2.06. The zero-order valence-electron chi connectivity index (χ0n) is 10.5. The van der Waals surface area contributed by atoms with Gasteiger partial charge in [-0.15, -0.1) is 0 Å². The van der Waals surface area contributed by atoms with E-state index in [1.54, 1.807) is 0 Å². The molecule has 0 spiro atoms. The Bertz CT molecular complexity index is 356. The number of hydrogen-bond acceptors (Lipinski definition) is 3. The fourth-order valence-electron chi connectivity index (χ4n) is 1.44. The van der Waals surface area contributed by atoms with Gasteiger partial charge < -0.3 is 9.30 Å². The molecule has 1 aromatic heterocycles. The molecule has 1 aromatic rings. The summed E-state index contributed by atoms with van der Waals surface area (Å²) in [6.45, 7) is 9.07. The first-order valence-corrected chi connectivity index (χ1v) is 5.65. The van der Waals surface area contributed by atoms with Crippen molar-refractivity contribution in [2.75, 3.05) is 6.61 Å². The predicted molar refractivity (Wildman–Crippen MR) is 62.1 cm³/mol.